The summed E-state index contributed by atoms with van der Waals surface area (Å²) in [5.74, 6) is -1.72. The van der Waals surface area contributed by atoms with Gasteiger partial charge in [0, 0.05) is 5.56 Å². The number of nitrogens with one attached hydrogen (secondary N) is 1. The molecule has 2 rings (SSSR count). The molecule has 0 spiro atoms. The first-order valence-corrected chi connectivity index (χ1v) is 3.96. The quantitative estimate of drug-likeness (QED) is 0.601. The molecule has 0 aliphatic carbocycles. The number of aliphatic hydroxyl groups excluding tert-OH is 1. The Labute approximate surface area is 79.0 Å². The fourth-order valence-electron chi connectivity index (χ4n) is 1.45. The monoisotopic (exact) mass is 193 g/mol. The average Bonchev–Trinajstić information content (AvgIpc) is 2.43. The maximum absolute atomic E-state index is 11.1. The summed E-state index contributed by atoms with van der Waals surface area (Å²) in [6.45, 7) is 0. The zero-order valence-corrected chi connectivity index (χ0v) is 7.02. The number of hydrogen-bond acceptors (Lipinski definition) is 3. The van der Waals surface area contributed by atoms with Gasteiger partial charge < -0.3 is 15.5 Å². The van der Waals surface area contributed by atoms with Crippen molar-refractivity contribution in [3.8, 4) is 0 Å². The van der Waals surface area contributed by atoms with E-state index >= 15 is 0 Å². The highest BCUT2D eigenvalue weighted by atomic mass is 16.4. The highest BCUT2D eigenvalue weighted by Gasteiger charge is 2.31. The number of carbonyl (C=O) groups excluding carboxylic acids is 1. The number of benzene rings is 1. The highest BCUT2D eigenvalue weighted by molar-refractivity contribution is 6.08. The molecule has 0 fully saturated rings. The van der Waals surface area contributed by atoms with E-state index < -0.39 is 18.0 Å². The number of anilines is 1. The van der Waals surface area contributed by atoms with E-state index in [4.69, 9.17) is 5.11 Å². The number of para-hydroxylation sites is 1. The Morgan fingerprint density at radius 3 is 2.79 bits per heavy atom. The van der Waals surface area contributed by atoms with Crippen LogP contribution in [0.3, 0.4) is 0 Å². The normalized spacial score (nSPS) is 18.9. The summed E-state index contributed by atoms with van der Waals surface area (Å²) in [6.07, 6.45) is -1.26. The maximum atomic E-state index is 11.1. The maximum Gasteiger partial charge on any atom is 0.337 e. The molecule has 0 saturated heterocycles. The Morgan fingerprint density at radius 1 is 1.43 bits per heavy atom. The first-order chi connectivity index (χ1) is 6.61. The Kier molecular flexibility index (Phi) is 1.75. The van der Waals surface area contributed by atoms with Gasteiger partial charge in [0.2, 0.25) is 0 Å². The minimum absolute atomic E-state index is 0.00704. The lowest BCUT2D eigenvalue weighted by Crippen LogP contribution is -2.11. The molecule has 3 N–H and O–H groups in total. The fourth-order valence-corrected chi connectivity index (χ4v) is 1.45. The van der Waals surface area contributed by atoms with E-state index in [1.54, 1.807) is 0 Å². The van der Waals surface area contributed by atoms with Gasteiger partial charge in [0.25, 0.3) is 5.91 Å². The number of carboxylic acids is 1. The summed E-state index contributed by atoms with van der Waals surface area (Å²) in [7, 11) is 0. The second-order valence-electron chi connectivity index (χ2n) is 2.97. The summed E-state index contributed by atoms with van der Waals surface area (Å²) in [6, 6.07) is 4.38. The van der Waals surface area contributed by atoms with Gasteiger partial charge in [-0.1, -0.05) is 12.1 Å². The van der Waals surface area contributed by atoms with Crippen molar-refractivity contribution < 1.29 is 19.8 Å². The van der Waals surface area contributed by atoms with Crippen LogP contribution >= 0.6 is 0 Å². The molecular weight excluding hydrogens is 186 g/mol. The topological polar surface area (TPSA) is 86.6 Å². The van der Waals surface area contributed by atoms with Gasteiger partial charge in [-0.05, 0) is 6.07 Å². The predicted molar refractivity (Wildman–Crippen MR) is 47.0 cm³/mol. The molecule has 1 atom stereocenters. The molecular formula is C9H7NO4. The second kappa shape index (κ2) is 2.81. The SMILES string of the molecule is O=C(O)c1cccc2c1NC(=O)[C@H]2O. The van der Waals surface area contributed by atoms with E-state index in [1.807, 2.05) is 0 Å². The zero-order valence-electron chi connectivity index (χ0n) is 7.02. The molecule has 0 bridgehead atoms. The third-order valence-corrected chi connectivity index (χ3v) is 2.12. The number of rotatable bonds is 1. The molecule has 1 aromatic rings. The summed E-state index contributed by atoms with van der Waals surface area (Å²) >= 11 is 0. The van der Waals surface area contributed by atoms with Gasteiger partial charge in [-0.25, -0.2) is 4.79 Å². The fraction of sp³-hybridized carbons (Fsp3) is 0.111. The van der Waals surface area contributed by atoms with Gasteiger partial charge in [0.05, 0.1) is 11.3 Å². The van der Waals surface area contributed by atoms with Gasteiger partial charge in [-0.2, -0.15) is 0 Å². The van der Waals surface area contributed by atoms with Gasteiger partial charge in [0.1, 0.15) is 0 Å². The first kappa shape index (κ1) is 8.71. The molecule has 1 aliphatic heterocycles. The molecule has 1 aromatic carbocycles. The van der Waals surface area contributed by atoms with Crippen molar-refractivity contribution in [1.82, 2.24) is 0 Å². The van der Waals surface area contributed by atoms with E-state index in [-0.39, 0.29) is 11.3 Å². The van der Waals surface area contributed by atoms with Crippen molar-refractivity contribution in [3.63, 3.8) is 0 Å². The van der Waals surface area contributed by atoms with Crippen molar-refractivity contribution in [2.24, 2.45) is 0 Å². The summed E-state index contributed by atoms with van der Waals surface area (Å²) in [5.41, 5.74) is 0.500. The van der Waals surface area contributed by atoms with Crippen molar-refractivity contribution in [2.45, 2.75) is 6.10 Å². The molecule has 72 valence electrons. The molecule has 0 unspecified atom stereocenters. The van der Waals surface area contributed by atoms with Crippen LogP contribution in [-0.4, -0.2) is 22.1 Å². The lowest BCUT2D eigenvalue weighted by Gasteiger charge is -2.02. The molecule has 0 aromatic heterocycles. The Bertz CT molecular complexity index is 427. The summed E-state index contributed by atoms with van der Waals surface area (Å²) in [5, 5.41) is 20.5. The van der Waals surface area contributed by atoms with Crippen molar-refractivity contribution in [3.05, 3.63) is 29.3 Å². The summed E-state index contributed by atoms with van der Waals surface area (Å²) in [4.78, 5) is 21.8. The molecule has 1 amide bonds. The number of carboxylic acid groups (broad SMARTS) is 1. The van der Waals surface area contributed by atoms with Crippen molar-refractivity contribution in [2.75, 3.05) is 5.32 Å². The molecule has 5 heteroatoms. The number of fused-ring (bicyclic) bond motifs is 1. The van der Waals surface area contributed by atoms with Gasteiger partial charge in [-0.15, -0.1) is 0 Å². The van der Waals surface area contributed by atoms with Crippen LogP contribution < -0.4 is 5.32 Å². The van der Waals surface area contributed by atoms with Crippen LogP contribution in [0.5, 0.6) is 0 Å². The lowest BCUT2D eigenvalue weighted by molar-refractivity contribution is -0.123. The highest BCUT2D eigenvalue weighted by Crippen LogP contribution is 2.33. The van der Waals surface area contributed by atoms with Crippen LogP contribution in [-0.2, 0) is 4.79 Å². The van der Waals surface area contributed by atoms with Crippen LogP contribution in [0.25, 0.3) is 0 Å². The van der Waals surface area contributed by atoms with Gasteiger partial charge >= 0.3 is 5.97 Å². The summed E-state index contributed by atoms with van der Waals surface area (Å²) < 4.78 is 0. The molecule has 0 saturated carbocycles. The van der Waals surface area contributed by atoms with Crippen LogP contribution in [0.4, 0.5) is 5.69 Å². The van der Waals surface area contributed by atoms with Crippen molar-refractivity contribution in [1.29, 1.82) is 0 Å². The molecule has 1 heterocycles. The van der Waals surface area contributed by atoms with Crippen LogP contribution in [0, 0.1) is 0 Å². The Morgan fingerprint density at radius 2 is 2.14 bits per heavy atom. The Hall–Kier alpha value is -1.88. The number of aromatic carboxylic acids is 1. The molecule has 0 radical (unpaired) electrons. The average molecular weight is 193 g/mol. The predicted octanol–water partition coefficient (Wildman–Crippen LogP) is 0.370. The Balaban J connectivity index is 2.61. The number of hydrogen-bond donors (Lipinski definition) is 3. The van der Waals surface area contributed by atoms with Crippen LogP contribution in [0.15, 0.2) is 18.2 Å². The number of aliphatic hydroxyl groups is 1. The minimum atomic E-state index is -1.26. The second-order valence-corrected chi connectivity index (χ2v) is 2.97. The van der Waals surface area contributed by atoms with E-state index in [1.165, 1.54) is 18.2 Å². The van der Waals surface area contributed by atoms with E-state index in [2.05, 4.69) is 5.32 Å². The standard InChI is InChI=1S/C9H7NO4/c11-7-4-2-1-3-5(9(13)14)6(4)10-8(7)12/h1-3,7,11H,(H,10,12)(H,13,14)/t7-/m0/s1. The smallest absolute Gasteiger partial charge is 0.337 e. The van der Waals surface area contributed by atoms with E-state index in [9.17, 15) is 14.7 Å². The van der Waals surface area contributed by atoms with E-state index in [0.29, 0.717) is 5.56 Å². The molecule has 5 nitrogen and oxygen atoms in total. The van der Waals surface area contributed by atoms with Crippen LogP contribution in [0.1, 0.15) is 22.0 Å². The molecule has 14 heavy (non-hydrogen) atoms. The number of carbonyl (C=O) groups is 2. The third-order valence-electron chi connectivity index (χ3n) is 2.12. The van der Waals surface area contributed by atoms with Gasteiger partial charge in [0.15, 0.2) is 6.10 Å². The molecule has 1 aliphatic rings. The van der Waals surface area contributed by atoms with Crippen molar-refractivity contribution >= 4 is 17.6 Å². The van der Waals surface area contributed by atoms with Gasteiger partial charge in [-0.3, -0.25) is 4.79 Å². The zero-order chi connectivity index (χ0) is 10.3. The lowest BCUT2D eigenvalue weighted by atomic mass is 10.1. The largest absolute Gasteiger partial charge is 0.478 e. The number of amides is 1. The minimum Gasteiger partial charge on any atom is -0.478 e. The van der Waals surface area contributed by atoms with Crippen LogP contribution in [0.2, 0.25) is 0 Å². The van der Waals surface area contributed by atoms with E-state index in [0.717, 1.165) is 0 Å². The third kappa shape index (κ3) is 1.06. The first-order valence-electron chi connectivity index (χ1n) is 3.96.